The Kier molecular flexibility index (Phi) is 4.40. The molecule has 0 fully saturated rings. The molecule has 0 saturated carbocycles. The summed E-state index contributed by atoms with van der Waals surface area (Å²) in [5.74, 6) is 0. The first-order chi connectivity index (χ1) is 4.04. The predicted octanol–water partition coefficient (Wildman–Crippen LogP) is 2.04. The zero-order chi connectivity index (χ0) is 7.44. The van der Waals surface area contributed by atoms with Crippen LogP contribution in [0.15, 0.2) is 4.99 Å². The molecule has 9 heavy (non-hydrogen) atoms. The van der Waals surface area contributed by atoms with E-state index in [-0.39, 0.29) is 6.04 Å². The average molecular weight is 163 g/mol. The van der Waals surface area contributed by atoms with E-state index in [4.69, 9.17) is 0 Å². The molecular weight excluding hydrogens is 150 g/mol. The molecule has 1 nitrogen and oxygen atoms in total. The molecule has 0 bridgehead atoms. The van der Waals surface area contributed by atoms with Crippen LogP contribution in [0.4, 0.5) is 0 Å². The van der Waals surface area contributed by atoms with Crippen LogP contribution in [-0.2, 0) is 0 Å². The first-order valence-corrected chi connectivity index (χ1v) is 3.92. The fraction of sp³-hybridized carbons (Fsp3) is 0.833. The smallest absolute Gasteiger partial charge is 0.0618 e. The van der Waals surface area contributed by atoms with Gasteiger partial charge in [-0.1, -0.05) is 6.92 Å². The van der Waals surface area contributed by atoms with Crippen LogP contribution in [0.3, 0.4) is 0 Å². The molecule has 0 radical (unpaired) electrons. The molecule has 0 amide bonds. The number of hydrogen-bond donors (Lipinski definition) is 2. The van der Waals surface area contributed by atoms with E-state index < -0.39 is 0 Å². The summed E-state index contributed by atoms with van der Waals surface area (Å²) in [5, 5.41) is 1.13. The third kappa shape index (κ3) is 4.85. The van der Waals surface area contributed by atoms with Gasteiger partial charge in [0.25, 0.3) is 0 Å². The molecule has 0 aliphatic carbocycles. The zero-order valence-electron chi connectivity index (χ0n) is 6.00. The Labute approximate surface area is 67.8 Å². The van der Waals surface area contributed by atoms with Crippen LogP contribution >= 0.6 is 25.3 Å². The second-order valence-electron chi connectivity index (χ2n) is 2.16. The lowest BCUT2D eigenvalue weighted by Crippen LogP contribution is -2.11. The van der Waals surface area contributed by atoms with E-state index in [0.717, 1.165) is 5.04 Å². The van der Waals surface area contributed by atoms with Crippen molar-refractivity contribution in [3.8, 4) is 0 Å². The van der Waals surface area contributed by atoms with Crippen molar-refractivity contribution < 1.29 is 0 Å². The van der Waals surface area contributed by atoms with Gasteiger partial charge in [0.15, 0.2) is 0 Å². The van der Waals surface area contributed by atoms with Gasteiger partial charge in [0.1, 0.15) is 0 Å². The lowest BCUT2D eigenvalue weighted by molar-refractivity contribution is 0.739. The SMILES string of the molecule is C/C(S)=N\C(C)C(C)S. The molecule has 0 saturated heterocycles. The van der Waals surface area contributed by atoms with Crippen LogP contribution in [0.1, 0.15) is 20.8 Å². The number of thiol groups is 2. The Morgan fingerprint density at radius 2 is 1.89 bits per heavy atom. The minimum atomic E-state index is 0.269. The fourth-order valence-electron chi connectivity index (χ4n) is 0.403. The number of hydrogen-bond acceptors (Lipinski definition) is 2. The molecule has 0 heterocycles. The van der Waals surface area contributed by atoms with Gasteiger partial charge in [0, 0.05) is 5.25 Å². The van der Waals surface area contributed by atoms with Crippen molar-refractivity contribution in [3.05, 3.63) is 0 Å². The Balaban J connectivity index is 3.76. The quantitative estimate of drug-likeness (QED) is 0.351. The van der Waals surface area contributed by atoms with Crippen molar-refractivity contribution in [2.45, 2.75) is 32.1 Å². The van der Waals surface area contributed by atoms with Gasteiger partial charge < -0.3 is 0 Å². The van der Waals surface area contributed by atoms with Crippen LogP contribution in [-0.4, -0.2) is 16.3 Å². The summed E-state index contributed by atoms with van der Waals surface area (Å²) in [4.78, 5) is 4.18. The van der Waals surface area contributed by atoms with Crippen molar-refractivity contribution in [3.63, 3.8) is 0 Å². The van der Waals surface area contributed by atoms with E-state index in [0.29, 0.717) is 5.25 Å². The summed E-state index contributed by atoms with van der Waals surface area (Å²) in [7, 11) is 0. The summed E-state index contributed by atoms with van der Waals surface area (Å²) in [6.07, 6.45) is 0. The highest BCUT2D eigenvalue weighted by Gasteiger charge is 2.03. The van der Waals surface area contributed by atoms with Gasteiger partial charge in [-0.3, -0.25) is 4.99 Å². The topological polar surface area (TPSA) is 12.4 Å². The number of nitrogens with zero attached hydrogens (tertiary/aromatic N) is 1. The normalized spacial score (nSPS) is 19.4. The Morgan fingerprint density at radius 3 is 2.00 bits per heavy atom. The molecule has 0 spiro atoms. The van der Waals surface area contributed by atoms with Crippen molar-refractivity contribution in [2.24, 2.45) is 4.99 Å². The minimum Gasteiger partial charge on any atom is -0.279 e. The monoisotopic (exact) mass is 163 g/mol. The average Bonchev–Trinajstić information content (AvgIpc) is 1.63. The van der Waals surface area contributed by atoms with Crippen molar-refractivity contribution in [1.82, 2.24) is 0 Å². The third-order valence-corrected chi connectivity index (χ3v) is 1.64. The van der Waals surface area contributed by atoms with E-state index in [9.17, 15) is 0 Å². The molecule has 2 unspecified atom stereocenters. The number of rotatable bonds is 2. The van der Waals surface area contributed by atoms with Crippen molar-refractivity contribution in [1.29, 1.82) is 0 Å². The third-order valence-electron chi connectivity index (χ3n) is 1.09. The molecular formula is C6H13NS2. The highest BCUT2D eigenvalue weighted by molar-refractivity contribution is 7.96. The summed E-state index contributed by atoms with van der Waals surface area (Å²) in [5.41, 5.74) is 0. The van der Waals surface area contributed by atoms with Gasteiger partial charge in [-0.15, -0.1) is 12.6 Å². The van der Waals surface area contributed by atoms with E-state index in [1.165, 1.54) is 0 Å². The molecule has 0 rings (SSSR count). The van der Waals surface area contributed by atoms with E-state index >= 15 is 0 Å². The van der Waals surface area contributed by atoms with Crippen LogP contribution in [0, 0.1) is 0 Å². The highest BCUT2D eigenvalue weighted by Crippen LogP contribution is 2.05. The van der Waals surface area contributed by atoms with Crippen LogP contribution in [0.5, 0.6) is 0 Å². The molecule has 0 aromatic rings. The molecule has 3 heteroatoms. The first kappa shape index (κ1) is 9.37. The Morgan fingerprint density at radius 1 is 1.44 bits per heavy atom. The highest BCUT2D eigenvalue weighted by atomic mass is 32.1. The first-order valence-electron chi connectivity index (χ1n) is 2.95. The van der Waals surface area contributed by atoms with Gasteiger partial charge in [-0.05, 0) is 13.8 Å². The largest absolute Gasteiger partial charge is 0.279 e. The van der Waals surface area contributed by atoms with Crippen LogP contribution in [0.25, 0.3) is 0 Å². The lowest BCUT2D eigenvalue weighted by Gasteiger charge is -2.08. The van der Waals surface area contributed by atoms with Gasteiger partial charge in [0.2, 0.25) is 0 Å². The van der Waals surface area contributed by atoms with E-state index in [1.54, 1.807) is 0 Å². The maximum Gasteiger partial charge on any atom is 0.0618 e. The fourth-order valence-corrected chi connectivity index (χ4v) is 0.651. The predicted molar refractivity (Wildman–Crippen MR) is 50.0 cm³/mol. The molecule has 0 aromatic heterocycles. The zero-order valence-corrected chi connectivity index (χ0v) is 7.79. The van der Waals surface area contributed by atoms with Crippen LogP contribution in [0.2, 0.25) is 0 Å². The summed E-state index contributed by atoms with van der Waals surface area (Å²) in [6, 6.07) is 0.269. The lowest BCUT2D eigenvalue weighted by atomic mass is 10.3. The second-order valence-corrected chi connectivity index (χ2v) is 3.62. The minimum absolute atomic E-state index is 0.269. The molecule has 0 aliphatic heterocycles. The van der Waals surface area contributed by atoms with Crippen molar-refractivity contribution >= 4 is 30.3 Å². The molecule has 0 N–H and O–H groups in total. The molecule has 54 valence electrons. The van der Waals surface area contributed by atoms with Gasteiger partial charge in [0.05, 0.1) is 11.1 Å². The van der Waals surface area contributed by atoms with Crippen molar-refractivity contribution in [2.75, 3.05) is 0 Å². The second kappa shape index (κ2) is 4.23. The van der Waals surface area contributed by atoms with E-state index in [1.807, 2.05) is 20.8 Å². The summed E-state index contributed by atoms with van der Waals surface area (Å²) >= 11 is 8.27. The number of aliphatic imine (C=N–C) groups is 1. The standard InChI is InChI=1S/C6H13NS2/c1-4(5(2)8)7-6(3)9/h4-5,8H,1-3H3,(H,7,9). The Hall–Kier alpha value is 0.370. The van der Waals surface area contributed by atoms with Gasteiger partial charge in [-0.2, -0.15) is 12.6 Å². The molecule has 0 aromatic carbocycles. The van der Waals surface area contributed by atoms with Gasteiger partial charge >= 0.3 is 0 Å². The van der Waals surface area contributed by atoms with E-state index in [2.05, 4.69) is 30.2 Å². The summed E-state index contributed by atoms with van der Waals surface area (Å²) < 4.78 is 0. The van der Waals surface area contributed by atoms with Gasteiger partial charge in [-0.25, -0.2) is 0 Å². The Bertz CT molecular complexity index is 106. The molecule has 2 atom stereocenters. The summed E-state index contributed by atoms with van der Waals surface area (Å²) in [6.45, 7) is 5.92. The maximum atomic E-state index is 4.23. The van der Waals surface area contributed by atoms with Crippen LogP contribution < -0.4 is 0 Å². The molecule has 0 aliphatic rings. The maximum absolute atomic E-state index is 4.23.